The van der Waals surface area contributed by atoms with Crippen LogP contribution < -0.4 is 10.3 Å². The average molecular weight is 305 g/mol. The lowest BCUT2D eigenvalue weighted by molar-refractivity contribution is 0.340. The second-order valence-electron chi connectivity index (χ2n) is 5.22. The summed E-state index contributed by atoms with van der Waals surface area (Å²) >= 11 is 0. The predicted molar refractivity (Wildman–Crippen MR) is 89.5 cm³/mol. The van der Waals surface area contributed by atoms with Gasteiger partial charge < -0.3 is 9.72 Å². The third-order valence-corrected chi connectivity index (χ3v) is 3.80. The van der Waals surface area contributed by atoms with Gasteiger partial charge in [0.05, 0.1) is 17.6 Å². The minimum Gasteiger partial charge on any atom is -0.494 e. The molecule has 2 aromatic carbocycles. The van der Waals surface area contributed by atoms with Gasteiger partial charge in [0.1, 0.15) is 11.4 Å². The fourth-order valence-electron chi connectivity index (χ4n) is 2.75. The average Bonchev–Trinajstić information content (AvgIpc) is 2.93. The third-order valence-electron chi connectivity index (χ3n) is 3.80. The van der Waals surface area contributed by atoms with Crippen molar-refractivity contribution in [1.29, 1.82) is 0 Å². The van der Waals surface area contributed by atoms with Crippen molar-refractivity contribution in [2.45, 2.75) is 6.92 Å². The van der Waals surface area contributed by atoms with E-state index in [1.807, 2.05) is 55.5 Å². The number of nitrogens with one attached hydrogen (secondary N) is 1. The van der Waals surface area contributed by atoms with Gasteiger partial charge in [-0.2, -0.15) is 0 Å². The van der Waals surface area contributed by atoms with Crippen LogP contribution in [0.1, 0.15) is 6.92 Å². The minimum atomic E-state index is -0.116. The van der Waals surface area contributed by atoms with E-state index >= 15 is 0 Å². The van der Waals surface area contributed by atoms with Crippen LogP contribution in [0.5, 0.6) is 5.75 Å². The van der Waals surface area contributed by atoms with Crippen molar-refractivity contribution in [2.75, 3.05) is 6.61 Å². The second-order valence-corrected chi connectivity index (χ2v) is 5.22. The minimum absolute atomic E-state index is 0.116. The van der Waals surface area contributed by atoms with Gasteiger partial charge in [-0.3, -0.25) is 9.36 Å². The van der Waals surface area contributed by atoms with Gasteiger partial charge >= 0.3 is 0 Å². The van der Waals surface area contributed by atoms with Crippen molar-refractivity contribution in [3.8, 4) is 22.8 Å². The van der Waals surface area contributed by atoms with Crippen LogP contribution in [0.3, 0.4) is 0 Å². The predicted octanol–water partition coefficient (Wildman–Crippen LogP) is 3.22. The molecule has 2 aliphatic rings. The van der Waals surface area contributed by atoms with E-state index in [1.165, 1.54) is 0 Å². The molecule has 2 aromatic rings. The van der Waals surface area contributed by atoms with E-state index in [0.717, 1.165) is 22.3 Å². The molecule has 1 N–H and O–H groups in total. The standard InChI is InChI=1S/C18H15N3O2/c1-2-23-13-9-7-12(8-10-13)17-18(22)21-15-6-4-3-5-14(15)19-11-16(21)20-17/h3-11,19H,2H2,1H3. The summed E-state index contributed by atoms with van der Waals surface area (Å²) in [5.74, 6) is 1.39. The molecule has 0 bridgehead atoms. The number of ether oxygens (including phenoxy) is 1. The zero-order chi connectivity index (χ0) is 15.8. The van der Waals surface area contributed by atoms with Crippen molar-refractivity contribution >= 4 is 11.0 Å². The van der Waals surface area contributed by atoms with Crippen LogP contribution >= 0.6 is 0 Å². The monoisotopic (exact) mass is 305 g/mol. The Labute approximate surface area is 132 Å². The van der Waals surface area contributed by atoms with Crippen molar-refractivity contribution in [1.82, 2.24) is 14.5 Å². The van der Waals surface area contributed by atoms with E-state index in [9.17, 15) is 4.79 Å². The Hall–Kier alpha value is -3.08. The van der Waals surface area contributed by atoms with E-state index < -0.39 is 0 Å². The zero-order valence-electron chi connectivity index (χ0n) is 12.6. The number of rotatable bonds is 3. The largest absolute Gasteiger partial charge is 0.494 e. The fraction of sp³-hybridized carbons (Fsp3) is 0.111. The molecular formula is C18H15N3O2. The Morgan fingerprint density at radius 1 is 1.13 bits per heavy atom. The highest BCUT2D eigenvalue weighted by molar-refractivity contribution is 5.78. The number of nitrogens with zero attached hydrogens (tertiary/aromatic N) is 2. The van der Waals surface area contributed by atoms with Crippen LogP contribution in [-0.4, -0.2) is 21.1 Å². The molecule has 0 amide bonds. The van der Waals surface area contributed by atoms with E-state index in [1.54, 1.807) is 10.8 Å². The molecule has 5 nitrogen and oxygen atoms in total. The first-order valence-electron chi connectivity index (χ1n) is 7.50. The molecule has 2 aliphatic heterocycles. The summed E-state index contributed by atoms with van der Waals surface area (Å²) < 4.78 is 7.07. The summed E-state index contributed by atoms with van der Waals surface area (Å²) in [6.45, 7) is 2.55. The number of benzene rings is 2. The molecule has 5 heteroatoms. The highest BCUT2D eigenvalue weighted by Gasteiger charge is 2.17. The topological polar surface area (TPSA) is 59.9 Å². The number of hydrogen-bond acceptors (Lipinski definition) is 3. The number of fused-ring (bicyclic) bond motifs is 3. The highest BCUT2D eigenvalue weighted by atomic mass is 16.5. The molecule has 4 rings (SSSR count). The van der Waals surface area contributed by atoms with Gasteiger partial charge in [-0.15, -0.1) is 0 Å². The normalized spacial score (nSPS) is 11.2. The molecule has 0 radical (unpaired) electrons. The number of aromatic amines is 1. The van der Waals surface area contributed by atoms with Crippen LogP contribution in [0.2, 0.25) is 0 Å². The Morgan fingerprint density at radius 3 is 2.70 bits per heavy atom. The zero-order valence-corrected chi connectivity index (χ0v) is 12.6. The third kappa shape index (κ3) is 2.17. The van der Waals surface area contributed by atoms with E-state index in [4.69, 9.17) is 4.74 Å². The lowest BCUT2D eigenvalue weighted by Gasteiger charge is -2.05. The van der Waals surface area contributed by atoms with Gasteiger partial charge in [-0.05, 0) is 43.3 Å². The van der Waals surface area contributed by atoms with Crippen molar-refractivity contribution in [2.24, 2.45) is 0 Å². The van der Waals surface area contributed by atoms with Gasteiger partial charge in [0.25, 0.3) is 5.56 Å². The van der Waals surface area contributed by atoms with Gasteiger partial charge in [0, 0.05) is 11.8 Å². The first kappa shape index (κ1) is 13.6. The fourth-order valence-corrected chi connectivity index (χ4v) is 2.75. The lowest BCUT2D eigenvalue weighted by Crippen LogP contribution is -2.14. The first-order valence-corrected chi connectivity index (χ1v) is 7.50. The molecule has 23 heavy (non-hydrogen) atoms. The van der Waals surface area contributed by atoms with E-state index in [2.05, 4.69) is 9.97 Å². The maximum absolute atomic E-state index is 12.8. The number of H-pyrrole nitrogens is 1. The number of aromatic nitrogens is 3. The lowest BCUT2D eigenvalue weighted by atomic mass is 10.1. The Bertz CT molecular complexity index is 999. The van der Waals surface area contributed by atoms with Gasteiger partial charge in [-0.25, -0.2) is 4.98 Å². The van der Waals surface area contributed by atoms with Crippen molar-refractivity contribution in [3.05, 3.63) is 65.1 Å². The molecule has 0 fully saturated rings. The molecule has 0 saturated heterocycles. The molecule has 0 atom stereocenters. The Kier molecular flexibility index (Phi) is 3.12. The Morgan fingerprint density at radius 2 is 1.91 bits per heavy atom. The number of imidazole rings is 1. The van der Waals surface area contributed by atoms with Gasteiger partial charge in [0.15, 0.2) is 5.82 Å². The van der Waals surface area contributed by atoms with Crippen molar-refractivity contribution in [3.63, 3.8) is 0 Å². The van der Waals surface area contributed by atoms with Crippen LogP contribution in [0.25, 0.3) is 28.1 Å². The number of hydrogen-bond donors (Lipinski definition) is 1. The summed E-state index contributed by atoms with van der Waals surface area (Å²) in [5, 5.41) is 0. The van der Waals surface area contributed by atoms with E-state index in [-0.39, 0.29) is 5.56 Å². The second kappa shape index (κ2) is 5.28. The van der Waals surface area contributed by atoms with E-state index in [0.29, 0.717) is 18.1 Å². The Balaban J connectivity index is 1.91. The molecule has 0 saturated carbocycles. The van der Waals surface area contributed by atoms with Gasteiger partial charge in [0.2, 0.25) is 0 Å². The van der Waals surface area contributed by atoms with Crippen LogP contribution in [0, 0.1) is 0 Å². The SMILES string of the molecule is CCOc1ccc(-c2nc3c[nH]c4ccccc4n-3c2=O)cc1. The van der Waals surface area contributed by atoms with Gasteiger partial charge in [-0.1, -0.05) is 12.1 Å². The quantitative estimate of drug-likeness (QED) is 0.632. The van der Waals surface area contributed by atoms with Crippen LogP contribution in [0.4, 0.5) is 0 Å². The molecule has 2 heterocycles. The highest BCUT2D eigenvalue weighted by Crippen LogP contribution is 2.23. The maximum atomic E-state index is 12.8. The maximum Gasteiger partial charge on any atom is 0.283 e. The molecule has 0 aliphatic carbocycles. The molecule has 0 unspecified atom stereocenters. The summed E-state index contributed by atoms with van der Waals surface area (Å²) in [5.41, 5.74) is 2.82. The number of para-hydroxylation sites is 2. The molecule has 0 spiro atoms. The summed E-state index contributed by atoms with van der Waals surface area (Å²) in [6, 6.07) is 15.1. The first-order chi connectivity index (χ1) is 11.3. The summed E-state index contributed by atoms with van der Waals surface area (Å²) in [6.07, 6.45) is 1.75. The summed E-state index contributed by atoms with van der Waals surface area (Å²) in [4.78, 5) is 20.5. The smallest absolute Gasteiger partial charge is 0.283 e. The summed E-state index contributed by atoms with van der Waals surface area (Å²) in [7, 11) is 0. The van der Waals surface area contributed by atoms with Crippen LogP contribution in [0.15, 0.2) is 59.5 Å². The van der Waals surface area contributed by atoms with Crippen LogP contribution in [-0.2, 0) is 0 Å². The van der Waals surface area contributed by atoms with Crippen molar-refractivity contribution < 1.29 is 4.74 Å². The molecule has 0 aromatic heterocycles. The molecule has 114 valence electrons. The molecular weight excluding hydrogens is 290 g/mol.